The van der Waals surface area contributed by atoms with Gasteiger partial charge in [0.05, 0.1) is 6.20 Å². The number of nitrogens with zero attached hydrogens (tertiary/aromatic N) is 4. The molecule has 0 aliphatic heterocycles. The van der Waals surface area contributed by atoms with Crippen LogP contribution in [0, 0.1) is 6.92 Å². The maximum Gasteiger partial charge on any atom is 0.255 e. The Morgan fingerprint density at radius 3 is 2.66 bits per heavy atom. The highest BCUT2D eigenvalue weighted by atomic mass is 16.1. The number of hydrogen-bond acceptors (Lipinski definition) is 5. The number of anilines is 3. The largest absolute Gasteiger partial charge is 0.330 e. The van der Waals surface area contributed by atoms with Crippen molar-refractivity contribution in [3.8, 4) is 11.4 Å². The summed E-state index contributed by atoms with van der Waals surface area (Å²) in [7, 11) is 1.93. The van der Waals surface area contributed by atoms with Crippen LogP contribution in [0.25, 0.3) is 22.6 Å². The summed E-state index contributed by atoms with van der Waals surface area (Å²) in [6.45, 7) is 1.98. The number of H-pyrrole nitrogens is 2. The Hall–Kier alpha value is -4.46. The third kappa shape index (κ3) is 3.69. The summed E-state index contributed by atoms with van der Waals surface area (Å²) in [5, 5.41) is 10.1. The van der Waals surface area contributed by atoms with Crippen molar-refractivity contribution in [2.75, 3.05) is 17.3 Å². The minimum absolute atomic E-state index is 0.205. The second kappa shape index (κ2) is 7.99. The number of aromatic amines is 2. The van der Waals surface area contributed by atoms with E-state index in [4.69, 9.17) is 0 Å². The number of rotatable bonds is 5. The van der Waals surface area contributed by atoms with E-state index in [9.17, 15) is 4.79 Å². The molecule has 8 heteroatoms. The summed E-state index contributed by atoms with van der Waals surface area (Å²) in [6.07, 6.45) is 3.48. The second-order valence-corrected chi connectivity index (χ2v) is 7.51. The summed E-state index contributed by atoms with van der Waals surface area (Å²) in [5.74, 6) is 1.29. The fraction of sp³-hybridized carbons (Fsp3) is 0.0833. The molecule has 0 unspecified atom stereocenters. The van der Waals surface area contributed by atoms with E-state index in [1.807, 2.05) is 79.5 Å². The van der Waals surface area contributed by atoms with Crippen molar-refractivity contribution in [2.24, 2.45) is 0 Å². The molecule has 0 saturated heterocycles. The molecule has 3 heterocycles. The smallest absolute Gasteiger partial charge is 0.255 e. The average Bonchev–Trinajstić information content (AvgIpc) is 3.45. The first-order valence-electron chi connectivity index (χ1n) is 10.1. The Bertz CT molecular complexity index is 1370. The Labute approximate surface area is 184 Å². The van der Waals surface area contributed by atoms with Crippen molar-refractivity contribution in [3.63, 3.8) is 0 Å². The van der Waals surface area contributed by atoms with Crippen LogP contribution >= 0.6 is 0 Å². The van der Waals surface area contributed by atoms with Gasteiger partial charge >= 0.3 is 0 Å². The van der Waals surface area contributed by atoms with Crippen LogP contribution in [0.4, 0.5) is 17.2 Å². The highest BCUT2D eigenvalue weighted by Crippen LogP contribution is 2.30. The molecule has 3 N–H and O–H groups in total. The molecule has 0 spiro atoms. The average molecular weight is 423 g/mol. The van der Waals surface area contributed by atoms with Crippen LogP contribution in [0.15, 0.2) is 73.1 Å². The first-order chi connectivity index (χ1) is 15.6. The third-order valence-corrected chi connectivity index (χ3v) is 5.27. The molecule has 8 nitrogen and oxygen atoms in total. The number of aryl methyl sites for hydroxylation is 1. The fourth-order valence-electron chi connectivity index (χ4n) is 3.59. The Morgan fingerprint density at radius 1 is 1.06 bits per heavy atom. The predicted molar refractivity (Wildman–Crippen MR) is 125 cm³/mol. The van der Waals surface area contributed by atoms with Crippen LogP contribution in [0.2, 0.25) is 0 Å². The Balaban J connectivity index is 1.60. The van der Waals surface area contributed by atoms with Crippen LogP contribution in [0.1, 0.15) is 15.9 Å². The van der Waals surface area contributed by atoms with Crippen LogP contribution in [-0.4, -0.2) is 38.1 Å². The summed E-state index contributed by atoms with van der Waals surface area (Å²) in [5.41, 5.74) is 5.31. The molecule has 0 bridgehead atoms. The molecule has 5 aromatic rings. The van der Waals surface area contributed by atoms with Gasteiger partial charge in [-0.3, -0.25) is 9.89 Å². The van der Waals surface area contributed by atoms with E-state index in [0.29, 0.717) is 17.0 Å². The number of para-hydroxylation sites is 1. The number of amides is 1. The molecule has 0 saturated carbocycles. The van der Waals surface area contributed by atoms with Gasteiger partial charge in [-0.25, -0.2) is 9.97 Å². The number of nitrogens with one attached hydrogen (secondary N) is 3. The van der Waals surface area contributed by atoms with Gasteiger partial charge in [0, 0.05) is 41.3 Å². The number of carbonyl (C=O) groups excluding carboxylic acids is 1. The zero-order chi connectivity index (χ0) is 22.1. The van der Waals surface area contributed by atoms with Crippen molar-refractivity contribution in [1.82, 2.24) is 25.1 Å². The van der Waals surface area contributed by atoms with E-state index in [1.54, 1.807) is 12.4 Å². The highest BCUT2D eigenvalue weighted by molar-refractivity contribution is 6.05. The van der Waals surface area contributed by atoms with Crippen molar-refractivity contribution < 1.29 is 4.79 Å². The molecule has 0 atom stereocenters. The van der Waals surface area contributed by atoms with E-state index in [1.165, 1.54) is 0 Å². The van der Waals surface area contributed by atoms with Crippen molar-refractivity contribution in [1.29, 1.82) is 0 Å². The lowest BCUT2D eigenvalue weighted by atomic mass is 10.1. The molecule has 0 fully saturated rings. The number of fused-ring (bicyclic) bond motifs is 1. The number of hydrogen-bond donors (Lipinski definition) is 3. The lowest BCUT2D eigenvalue weighted by Crippen LogP contribution is -2.15. The van der Waals surface area contributed by atoms with E-state index >= 15 is 0 Å². The van der Waals surface area contributed by atoms with Gasteiger partial charge in [-0.15, -0.1) is 0 Å². The molecular weight excluding hydrogens is 402 g/mol. The van der Waals surface area contributed by atoms with Crippen LogP contribution in [-0.2, 0) is 0 Å². The molecule has 3 aromatic heterocycles. The van der Waals surface area contributed by atoms with Crippen molar-refractivity contribution in [2.45, 2.75) is 6.92 Å². The highest BCUT2D eigenvalue weighted by Gasteiger charge is 2.17. The second-order valence-electron chi connectivity index (χ2n) is 7.51. The maximum absolute atomic E-state index is 13.1. The zero-order valence-corrected chi connectivity index (χ0v) is 17.6. The zero-order valence-electron chi connectivity index (χ0n) is 17.6. The van der Waals surface area contributed by atoms with Crippen LogP contribution in [0.5, 0.6) is 0 Å². The van der Waals surface area contributed by atoms with Gasteiger partial charge in [-0.2, -0.15) is 5.10 Å². The molecule has 0 radical (unpaired) electrons. The van der Waals surface area contributed by atoms with E-state index < -0.39 is 0 Å². The molecule has 5 rings (SSSR count). The van der Waals surface area contributed by atoms with Gasteiger partial charge in [0.2, 0.25) is 0 Å². The lowest BCUT2D eigenvalue weighted by molar-refractivity contribution is 0.102. The van der Waals surface area contributed by atoms with E-state index in [0.717, 1.165) is 33.8 Å². The van der Waals surface area contributed by atoms with Gasteiger partial charge in [0.25, 0.3) is 5.91 Å². The van der Waals surface area contributed by atoms with Gasteiger partial charge in [-0.1, -0.05) is 18.2 Å². The Morgan fingerprint density at radius 2 is 1.91 bits per heavy atom. The standard InChI is InChI=1S/C24H21N7O/c1-15-14-26-30-23(15)31(2)19-12-16(21-28-20-9-6-10-25-22(20)29-21)11-17(13-19)24(32)27-18-7-4-3-5-8-18/h3-14H,1-2H3,(H,26,30)(H,27,32)(H,25,28,29). The topological polar surface area (TPSA) is 103 Å². The number of benzene rings is 2. The predicted octanol–water partition coefficient (Wildman–Crippen LogP) is 4.68. The van der Waals surface area contributed by atoms with Gasteiger partial charge in [0.1, 0.15) is 17.2 Å². The fourth-order valence-corrected chi connectivity index (χ4v) is 3.59. The molecule has 32 heavy (non-hydrogen) atoms. The number of aromatic nitrogens is 5. The summed E-state index contributed by atoms with van der Waals surface area (Å²) in [6, 6.07) is 18.8. The molecular formula is C24H21N7O. The summed E-state index contributed by atoms with van der Waals surface area (Å²) < 4.78 is 0. The number of imidazole rings is 1. The lowest BCUT2D eigenvalue weighted by Gasteiger charge is -2.20. The van der Waals surface area contributed by atoms with E-state index in [2.05, 4.69) is 30.5 Å². The first-order valence-corrected chi connectivity index (χ1v) is 10.1. The molecule has 0 aliphatic carbocycles. The normalized spacial score (nSPS) is 10.9. The third-order valence-electron chi connectivity index (χ3n) is 5.27. The van der Waals surface area contributed by atoms with Gasteiger partial charge in [0.15, 0.2) is 5.65 Å². The summed E-state index contributed by atoms with van der Waals surface area (Å²) in [4.78, 5) is 27.3. The van der Waals surface area contributed by atoms with Crippen LogP contribution in [0.3, 0.4) is 0 Å². The number of pyridine rings is 1. The van der Waals surface area contributed by atoms with Crippen molar-refractivity contribution >= 4 is 34.3 Å². The molecule has 1 amide bonds. The van der Waals surface area contributed by atoms with E-state index in [-0.39, 0.29) is 5.91 Å². The number of carbonyl (C=O) groups is 1. The maximum atomic E-state index is 13.1. The SMILES string of the molecule is Cc1cn[nH]c1N(C)c1cc(C(=O)Nc2ccccc2)cc(-c2nc3cccnc3[nH]2)c1. The molecule has 2 aromatic carbocycles. The van der Waals surface area contributed by atoms with Crippen LogP contribution < -0.4 is 10.2 Å². The van der Waals surface area contributed by atoms with Crippen molar-refractivity contribution in [3.05, 3.63) is 84.2 Å². The minimum atomic E-state index is -0.205. The quantitative estimate of drug-likeness (QED) is 0.381. The Kier molecular flexibility index (Phi) is 4.87. The summed E-state index contributed by atoms with van der Waals surface area (Å²) >= 11 is 0. The van der Waals surface area contributed by atoms with Gasteiger partial charge < -0.3 is 15.2 Å². The minimum Gasteiger partial charge on any atom is -0.330 e. The monoisotopic (exact) mass is 423 g/mol. The first kappa shape index (κ1) is 19.5. The van der Waals surface area contributed by atoms with Gasteiger partial charge in [-0.05, 0) is 49.4 Å². The molecule has 158 valence electrons. The molecule has 0 aliphatic rings.